The van der Waals surface area contributed by atoms with Crippen LogP contribution in [-0.2, 0) is 36.8 Å². The van der Waals surface area contributed by atoms with Crippen molar-refractivity contribution in [1.29, 1.82) is 0 Å². The minimum Gasteiger partial charge on any atom is -0.494 e. The Labute approximate surface area is 270 Å². The van der Waals surface area contributed by atoms with Gasteiger partial charge in [-0.2, -0.15) is 0 Å². The summed E-state index contributed by atoms with van der Waals surface area (Å²) in [5.41, 5.74) is 2.67. The number of rotatable bonds is 6. The molecule has 5 rings (SSSR count). The highest BCUT2D eigenvalue weighted by Gasteiger charge is 2.36. The lowest BCUT2D eigenvalue weighted by molar-refractivity contribution is -0.137. The summed E-state index contributed by atoms with van der Waals surface area (Å²) in [6.45, 7) is 6.90. The van der Waals surface area contributed by atoms with Gasteiger partial charge in [-0.1, -0.05) is 43.3 Å². The van der Waals surface area contributed by atoms with Crippen molar-refractivity contribution in [2.24, 2.45) is 11.3 Å². The number of carbonyl (C=O) groups is 4. The van der Waals surface area contributed by atoms with Gasteiger partial charge >= 0.3 is 6.09 Å². The molecule has 0 spiro atoms. The number of hydrogen-bond donors (Lipinski definition) is 3. The van der Waals surface area contributed by atoms with Crippen molar-refractivity contribution in [3.05, 3.63) is 65.2 Å². The lowest BCUT2D eigenvalue weighted by Gasteiger charge is -2.37. The number of ether oxygens (including phenoxy) is 3. The predicted molar refractivity (Wildman–Crippen MR) is 171 cm³/mol. The lowest BCUT2D eigenvalue weighted by Crippen LogP contribution is -2.55. The third-order valence-electron chi connectivity index (χ3n) is 9.08. The molecule has 11 heteroatoms. The van der Waals surface area contributed by atoms with Crippen LogP contribution in [0.4, 0.5) is 4.79 Å². The van der Waals surface area contributed by atoms with Crippen LogP contribution in [0.25, 0.3) is 0 Å². The quantitative estimate of drug-likeness (QED) is 0.444. The number of benzene rings is 2. The number of aryl methyl sites for hydroxylation is 2. The van der Waals surface area contributed by atoms with Gasteiger partial charge in [-0.3, -0.25) is 14.4 Å². The van der Waals surface area contributed by atoms with E-state index in [9.17, 15) is 19.2 Å². The lowest BCUT2D eigenvalue weighted by atomic mass is 9.90. The summed E-state index contributed by atoms with van der Waals surface area (Å²) < 4.78 is 16.8. The molecule has 2 aromatic carbocycles. The molecule has 0 radical (unpaired) electrons. The number of hydrogen-bond acceptors (Lipinski definition) is 7. The van der Waals surface area contributed by atoms with Crippen LogP contribution in [0.1, 0.15) is 55.7 Å². The topological polar surface area (TPSA) is 135 Å². The maximum atomic E-state index is 13.8. The highest BCUT2D eigenvalue weighted by atomic mass is 16.6. The molecular formula is C35H46N4O7. The molecule has 2 saturated heterocycles. The summed E-state index contributed by atoms with van der Waals surface area (Å²) in [5, 5.41) is 8.46. The number of piperidine rings is 1. The van der Waals surface area contributed by atoms with Gasteiger partial charge < -0.3 is 35.1 Å². The Hall–Kier alpha value is -4.12. The molecule has 0 aromatic heterocycles. The van der Waals surface area contributed by atoms with Crippen LogP contribution in [0, 0.1) is 18.3 Å². The number of fused-ring (bicyclic) bond motifs is 4. The summed E-state index contributed by atoms with van der Waals surface area (Å²) >= 11 is 0. The molecule has 0 aliphatic carbocycles. The predicted octanol–water partition coefficient (Wildman–Crippen LogP) is 3.27. The third-order valence-corrected chi connectivity index (χ3v) is 9.08. The average Bonchev–Trinajstić information content (AvgIpc) is 3.04. The SMILES string of the molecule is Cc1ccc2cc1CNC(=O)C(CCc1ccccc1)NC(=O)[C@@H](NC(=O)OCC1(C)COC1)CC(=O)N1CCCC(CCO2)C1. The Morgan fingerprint density at radius 3 is 2.65 bits per heavy atom. The zero-order valence-electron chi connectivity index (χ0n) is 26.8. The molecule has 2 unspecified atom stereocenters. The normalized spacial score (nSPS) is 23.8. The van der Waals surface area contributed by atoms with Crippen LogP contribution < -0.4 is 20.7 Å². The number of nitrogens with one attached hydrogen (secondary N) is 3. The van der Waals surface area contributed by atoms with Crippen molar-refractivity contribution in [2.45, 2.75) is 71.0 Å². The van der Waals surface area contributed by atoms with Crippen molar-refractivity contribution in [3.8, 4) is 5.75 Å². The number of amides is 4. The van der Waals surface area contributed by atoms with E-state index in [2.05, 4.69) is 16.0 Å². The van der Waals surface area contributed by atoms with Gasteiger partial charge in [0.2, 0.25) is 17.7 Å². The maximum Gasteiger partial charge on any atom is 0.407 e. The Balaban J connectivity index is 1.37. The third kappa shape index (κ3) is 9.22. The zero-order chi connectivity index (χ0) is 32.5. The van der Waals surface area contributed by atoms with E-state index in [1.54, 1.807) is 4.90 Å². The molecule has 3 atom stereocenters. The van der Waals surface area contributed by atoms with Gasteiger partial charge in [0.25, 0.3) is 0 Å². The van der Waals surface area contributed by atoms with E-state index in [0.717, 1.165) is 41.7 Å². The van der Waals surface area contributed by atoms with Crippen LogP contribution in [-0.4, -0.2) is 80.3 Å². The summed E-state index contributed by atoms with van der Waals surface area (Å²) in [6, 6.07) is 13.4. The van der Waals surface area contributed by atoms with Gasteiger partial charge in [0.1, 0.15) is 24.4 Å². The first kappa shape index (κ1) is 33.2. The number of alkyl carbamates (subject to hydrolysis) is 1. The molecule has 4 amide bonds. The Kier molecular flexibility index (Phi) is 11.2. The van der Waals surface area contributed by atoms with E-state index in [1.807, 2.05) is 62.4 Å². The van der Waals surface area contributed by atoms with Crippen LogP contribution >= 0.6 is 0 Å². The molecular weight excluding hydrogens is 588 g/mol. The number of carbonyl (C=O) groups excluding carboxylic acids is 4. The van der Waals surface area contributed by atoms with E-state index in [4.69, 9.17) is 14.2 Å². The molecule has 2 aromatic rings. The van der Waals surface area contributed by atoms with Gasteiger partial charge in [-0.05, 0) is 73.8 Å². The van der Waals surface area contributed by atoms with Crippen LogP contribution in [0.5, 0.6) is 5.75 Å². The summed E-state index contributed by atoms with van der Waals surface area (Å²) in [7, 11) is 0. The standard InChI is InChI=1S/C35H46N4O7/c1-24-10-12-28-17-27(24)19-36-32(41)29(13-11-25-7-4-3-5-8-25)37-33(42)30(38-34(43)46-23-35(2)21-44-22-35)18-31(40)39-15-6-9-26(20-39)14-16-45-28/h3-5,7-8,10,12,17,26,29-30H,6,9,11,13-16,18-23H2,1-2H3,(H,36,41)(H,37,42)(H,38,43)/t26?,29?,30-/m0/s1. The maximum absolute atomic E-state index is 13.8. The van der Waals surface area contributed by atoms with E-state index >= 15 is 0 Å². The highest BCUT2D eigenvalue weighted by Crippen LogP contribution is 2.27. The Morgan fingerprint density at radius 2 is 1.89 bits per heavy atom. The zero-order valence-corrected chi connectivity index (χ0v) is 26.8. The Morgan fingerprint density at radius 1 is 1.09 bits per heavy atom. The second-order valence-electron chi connectivity index (χ2n) is 13.2. The van der Waals surface area contributed by atoms with Crippen molar-refractivity contribution >= 4 is 23.8 Å². The first-order chi connectivity index (χ1) is 22.2. The molecule has 3 aliphatic heterocycles. The van der Waals surface area contributed by atoms with Gasteiger partial charge in [0.05, 0.1) is 26.2 Å². The van der Waals surface area contributed by atoms with Crippen molar-refractivity contribution in [3.63, 3.8) is 0 Å². The van der Waals surface area contributed by atoms with Gasteiger partial charge in [0, 0.05) is 25.0 Å². The monoisotopic (exact) mass is 634 g/mol. The van der Waals surface area contributed by atoms with Gasteiger partial charge in [-0.25, -0.2) is 4.79 Å². The molecule has 4 bridgehead atoms. The molecule has 2 fully saturated rings. The number of nitrogens with zero attached hydrogens (tertiary/aromatic N) is 1. The van der Waals surface area contributed by atoms with Crippen molar-refractivity contribution in [1.82, 2.24) is 20.9 Å². The minimum absolute atomic E-state index is 0.125. The van der Waals surface area contributed by atoms with Crippen molar-refractivity contribution < 1.29 is 33.4 Å². The summed E-state index contributed by atoms with van der Waals surface area (Å²) in [6.07, 6.45) is 2.43. The van der Waals surface area contributed by atoms with E-state index in [1.165, 1.54) is 0 Å². The van der Waals surface area contributed by atoms with Crippen LogP contribution in [0.2, 0.25) is 0 Å². The minimum atomic E-state index is -1.22. The second kappa shape index (κ2) is 15.4. The van der Waals surface area contributed by atoms with Crippen LogP contribution in [0.15, 0.2) is 48.5 Å². The van der Waals surface area contributed by atoms with E-state index < -0.39 is 24.1 Å². The fourth-order valence-electron chi connectivity index (χ4n) is 6.07. The average molecular weight is 635 g/mol. The highest BCUT2D eigenvalue weighted by molar-refractivity contribution is 5.94. The Bertz CT molecular complexity index is 1380. The molecule has 248 valence electrons. The van der Waals surface area contributed by atoms with E-state index in [-0.39, 0.29) is 42.7 Å². The fraction of sp³-hybridized carbons (Fsp3) is 0.543. The smallest absolute Gasteiger partial charge is 0.407 e. The van der Waals surface area contributed by atoms with Crippen LogP contribution in [0.3, 0.4) is 0 Å². The molecule has 3 N–H and O–H groups in total. The van der Waals surface area contributed by atoms with E-state index in [0.29, 0.717) is 45.8 Å². The second-order valence-corrected chi connectivity index (χ2v) is 13.2. The first-order valence-corrected chi connectivity index (χ1v) is 16.3. The molecule has 3 heterocycles. The van der Waals surface area contributed by atoms with Gasteiger partial charge in [0.15, 0.2) is 0 Å². The van der Waals surface area contributed by atoms with Gasteiger partial charge in [-0.15, -0.1) is 0 Å². The van der Waals surface area contributed by atoms with Crippen molar-refractivity contribution in [2.75, 3.05) is 39.5 Å². The molecule has 11 nitrogen and oxygen atoms in total. The molecule has 3 aliphatic rings. The molecule has 46 heavy (non-hydrogen) atoms. The molecule has 0 saturated carbocycles. The summed E-state index contributed by atoms with van der Waals surface area (Å²) in [4.78, 5) is 55.7. The largest absolute Gasteiger partial charge is 0.494 e. The fourth-order valence-corrected chi connectivity index (χ4v) is 6.07. The first-order valence-electron chi connectivity index (χ1n) is 16.3. The summed E-state index contributed by atoms with van der Waals surface area (Å²) in [5.74, 6) is -0.217.